The van der Waals surface area contributed by atoms with E-state index in [1.165, 1.54) is 15.6 Å². The third kappa shape index (κ3) is 2.97. The summed E-state index contributed by atoms with van der Waals surface area (Å²) in [7, 11) is 0. The second-order valence-electron chi connectivity index (χ2n) is 6.25. The van der Waals surface area contributed by atoms with Crippen LogP contribution in [0.2, 0.25) is 0 Å². The molecule has 1 N–H and O–H groups in total. The van der Waals surface area contributed by atoms with Gasteiger partial charge in [-0.3, -0.25) is 4.90 Å². The molecule has 1 unspecified atom stereocenters. The van der Waals surface area contributed by atoms with E-state index in [0.717, 1.165) is 38.2 Å². The van der Waals surface area contributed by atoms with Crippen molar-refractivity contribution in [3.8, 4) is 0 Å². The summed E-state index contributed by atoms with van der Waals surface area (Å²) in [5, 5.41) is 6.90. The molecule has 1 atom stereocenters. The summed E-state index contributed by atoms with van der Waals surface area (Å²) in [5.41, 5.74) is 2.01. The Morgan fingerprint density at radius 1 is 0.958 bits per heavy atom. The van der Waals surface area contributed by atoms with Gasteiger partial charge in [0, 0.05) is 29.9 Å². The van der Waals surface area contributed by atoms with Gasteiger partial charge in [-0.2, -0.15) is 0 Å². The van der Waals surface area contributed by atoms with Crippen LogP contribution in [0.4, 0.5) is 4.39 Å². The normalized spacial score (nSPS) is 17.7. The highest BCUT2D eigenvalue weighted by Crippen LogP contribution is 2.38. The highest BCUT2D eigenvalue weighted by atomic mass is 32.1. The van der Waals surface area contributed by atoms with Crippen LogP contribution in [0, 0.1) is 5.82 Å². The molecule has 1 aliphatic rings. The fourth-order valence-corrected chi connectivity index (χ4v) is 4.57. The molecular formula is C20H21FN2S. The predicted octanol–water partition coefficient (Wildman–Crippen LogP) is 4.43. The number of thiophene rings is 1. The van der Waals surface area contributed by atoms with Gasteiger partial charge in [0.2, 0.25) is 0 Å². The molecule has 124 valence electrons. The zero-order valence-corrected chi connectivity index (χ0v) is 14.4. The minimum absolute atomic E-state index is 0.0257. The Labute approximate surface area is 145 Å². The molecular weight excluding hydrogens is 319 g/mol. The van der Waals surface area contributed by atoms with Gasteiger partial charge in [-0.1, -0.05) is 36.4 Å². The predicted molar refractivity (Wildman–Crippen MR) is 99.1 cm³/mol. The van der Waals surface area contributed by atoms with E-state index >= 15 is 0 Å². The fraction of sp³-hybridized carbons (Fsp3) is 0.300. The summed E-state index contributed by atoms with van der Waals surface area (Å²) < 4.78 is 15.9. The lowest BCUT2D eigenvalue weighted by Gasteiger charge is -2.31. The van der Waals surface area contributed by atoms with Gasteiger partial charge >= 0.3 is 0 Å². The van der Waals surface area contributed by atoms with Gasteiger partial charge in [0.1, 0.15) is 5.82 Å². The van der Waals surface area contributed by atoms with Crippen molar-refractivity contribution in [3.05, 3.63) is 70.9 Å². The number of benzene rings is 2. The topological polar surface area (TPSA) is 15.3 Å². The molecule has 0 spiro atoms. The van der Waals surface area contributed by atoms with Crippen molar-refractivity contribution in [1.82, 2.24) is 10.2 Å². The van der Waals surface area contributed by atoms with Crippen LogP contribution in [-0.4, -0.2) is 31.1 Å². The van der Waals surface area contributed by atoms with Gasteiger partial charge in [-0.25, -0.2) is 4.39 Å². The van der Waals surface area contributed by atoms with Gasteiger partial charge in [-0.05, 0) is 41.4 Å². The van der Waals surface area contributed by atoms with E-state index in [-0.39, 0.29) is 11.9 Å². The summed E-state index contributed by atoms with van der Waals surface area (Å²) in [6.07, 6.45) is 1.09. The number of nitrogens with one attached hydrogen (secondary N) is 1. The molecule has 2 nitrogen and oxygen atoms in total. The number of nitrogens with zero attached hydrogens (tertiary/aromatic N) is 1. The maximum Gasteiger partial charge on any atom is 0.128 e. The number of hydrogen-bond donors (Lipinski definition) is 1. The average Bonchev–Trinajstić information content (AvgIpc) is 2.84. The average molecular weight is 340 g/mol. The van der Waals surface area contributed by atoms with E-state index in [1.807, 2.05) is 12.1 Å². The fourth-order valence-electron chi connectivity index (χ4n) is 3.59. The second-order valence-corrected chi connectivity index (χ2v) is 7.16. The zero-order chi connectivity index (χ0) is 16.4. The second kappa shape index (κ2) is 7.01. The van der Waals surface area contributed by atoms with Crippen LogP contribution < -0.4 is 5.32 Å². The quantitative estimate of drug-likeness (QED) is 0.759. The molecule has 1 fully saturated rings. The molecule has 1 saturated heterocycles. The first kappa shape index (κ1) is 15.8. The van der Waals surface area contributed by atoms with Crippen LogP contribution in [0.3, 0.4) is 0 Å². The van der Waals surface area contributed by atoms with E-state index in [9.17, 15) is 4.39 Å². The minimum atomic E-state index is -0.116. The first-order valence-corrected chi connectivity index (χ1v) is 9.38. The molecule has 24 heavy (non-hydrogen) atoms. The van der Waals surface area contributed by atoms with Crippen LogP contribution in [0.15, 0.2) is 53.9 Å². The molecule has 0 saturated carbocycles. The van der Waals surface area contributed by atoms with Crippen LogP contribution in [0.5, 0.6) is 0 Å². The van der Waals surface area contributed by atoms with Crippen molar-refractivity contribution in [2.24, 2.45) is 0 Å². The Morgan fingerprint density at radius 3 is 2.71 bits per heavy atom. The Bertz CT molecular complexity index is 821. The van der Waals surface area contributed by atoms with Crippen LogP contribution >= 0.6 is 11.3 Å². The lowest BCUT2D eigenvalue weighted by molar-refractivity contribution is 0.238. The Balaban J connectivity index is 1.85. The lowest BCUT2D eigenvalue weighted by atomic mass is 9.96. The highest BCUT2D eigenvalue weighted by Gasteiger charge is 2.27. The molecule has 3 aromatic rings. The van der Waals surface area contributed by atoms with Crippen LogP contribution in [0.25, 0.3) is 10.1 Å². The third-order valence-electron chi connectivity index (χ3n) is 4.75. The number of fused-ring (bicyclic) bond motifs is 1. The molecule has 2 aromatic carbocycles. The monoisotopic (exact) mass is 340 g/mol. The van der Waals surface area contributed by atoms with Crippen molar-refractivity contribution in [2.75, 3.05) is 26.2 Å². The van der Waals surface area contributed by atoms with Gasteiger partial charge in [0.05, 0.1) is 6.04 Å². The smallest absolute Gasteiger partial charge is 0.128 e. The van der Waals surface area contributed by atoms with Crippen LogP contribution in [0.1, 0.15) is 23.6 Å². The molecule has 4 rings (SSSR count). The van der Waals surface area contributed by atoms with Crippen molar-refractivity contribution in [2.45, 2.75) is 12.5 Å². The van der Waals surface area contributed by atoms with Gasteiger partial charge in [-0.15, -0.1) is 11.3 Å². The van der Waals surface area contributed by atoms with Gasteiger partial charge in [0.15, 0.2) is 0 Å². The molecule has 0 radical (unpaired) electrons. The zero-order valence-electron chi connectivity index (χ0n) is 13.5. The van der Waals surface area contributed by atoms with Crippen molar-refractivity contribution in [3.63, 3.8) is 0 Å². The maximum atomic E-state index is 14.6. The highest BCUT2D eigenvalue weighted by molar-refractivity contribution is 7.17. The summed E-state index contributed by atoms with van der Waals surface area (Å²) >= 11 is 1.75. The molecule has 4 heteroatoms. The summed E-state index contributed by atoms with van der Waals surface area (Å²) in [5.74, 6) is -0.116. The summed E-state index contributed by atoms with van der Waals surface area (Å²) in [6, 6.07) is 15.6. The van der Waals surface area contributed by atoms with Crippen molar-refractivity contribution >= 4 is 21.4 Å². The van der Waals surface area contributed by atoms with Gasteiger partial charge < -0.3 is 5.32 Å². The molecule has 1 aromatic heterocycles. The van der Waals surface area contributed by atoms with E-state index < -0.39 is 0 Å². The van der Waals surface area contributed by atoms with E-state index in [1.54, 1.807) is 23.5 Å². The molecule has 0 aliphatic carbocycles. The van der Waals surface area contributed by atoms with E-state index in [2.05, 4.69) is 39.9 Å². The maximum absolute atomic E-state index is 14.6. The first-order valence-electron chi connectivity index (χ1n) is 8.50. The van der Waals surface area contributed by atoms with Gasteiger partial charge in [0.25, 0.3) is 0 Å². The number of hydrogen-bond acceptors (Lipinski definition) is 3. The Hall–Kier alpha value is -1.75. The number of rotatable bonds is 3. The standard InChI is InChI=1S/C20H21FN2S/c21-18-8-3-1-7-16(18)20(23-12-5-10-22-11-13-23)17-14-24-19-9-4-2-6-15(17)19/h1-4,6-9,14,20,22H,5,10-13H2. The molecule has 2 heterocycles. The summed E-state index contributed by atoms with van der Waals surface area (Å²) in [4.78, 5) is 2.42. The third-order valence-corrected chi connectivity index (χ3v) is 5.73. The number of halogens is 1. The lowest BCUT2D eigenvalue weighted by Crippen LogP contribution is -2.33. The molecule has 1 aliphatic heterocycles. The first-order chi connectivity index (χ1) is 11.8. The van der Waals surface area contributed by atoms with Crippen molar-refractivity contribution < 1.29 is 4.39 Å². The summed E-state index contributed by atoms with van der Waals surface area (Å²) in [6.45, 7) is 3.90. The Morgan fingerprint density at radius 2 is 1.79 bits per heavy atom. The SMILES string of the molecule is Fc1ccccc1C(c1csc2ccccc12)N1CCCNCC1. The minimum Gasteiger partial charge on any atom is -0.315 e. The van der Waals surface area contributed by atoms with Crippen molar-refractivity contribution in [1.29, 1.82) is 0 Å². The Kier molecular flexibility index (Phi) is 4.60. The molecule has 0 amide bonds. The molecule has 0 bridgehead atoms. The van der Waals surface area contributed by atoms with E-state index in [0.29, 0.717) is 0 Å². The van der Waals surface area contributed by atoms with E-state index in [4.69, 9.17) is 0 Å². The largest absolute Gasteiger partial charge is 0.315 e. The van der Waals surface area contributed by atoms with Crippen LogP contribution in [-0.2, 0) is 0 Å².